The van der Waals surface area contributed by atoms with Crippen molar-refractivity contribution in [1.82, 2.24) is 73.5 Å². The van der Waals surface area contributed by atoms with Crippen molar-refractivity contribution in [3.8, 4) is 29.1 Å². The Kier molecular flexibility index (Phi) is 21.0. The van der Waals surface area contributed by atoms with Gasteiger partial charge < -0.3 is 14.8 Å². The standard InChI is InChI=1S/C13H7Cl2F3N6O3.C13H7Cl2F3N6O2.C12H8Cl2N6O2.C10H13IO.CH4/c1-5(25)24(26)6-2-3-7(20-11(6)27-13(16,17)18)23-4-19-8-9(14)21-12(15)22-10(8)23;1-5(25)21-6-3-19-8(2-7(6)26-13(16,17)18)24-4-20-9-10(14)22-12(15)23-11(9)24;1-6(21)20(22)7-2-3-8(15-4-7)19-5-16-9-10(13)17-12(14)18-11(9)19;1-10(2)8-6-4-5-7-9(8)11(3)12-10;/h2-4,26H,1H3;2-4H,1H3,(H,21,25);2-5,22H,1H3;4-7H,1-3H3;1H4. The first-order valence-electron chi connectivity index (χ1n) is 23.6. The Morgan fingerprint density at radius 2 is 1.08 bits per heavy atom. The zero-order chi connectivity index (χ0) is 63.6. The van der Waals surface area contributed by atoms with E-state index in [0.717, 1.165) is 32.2 Å². The van der Waals surface area contributed by atoms with E-state index in [1.165, 1.54) is 62.5 Å². The molecular formula is C49H39Cl6F6IN18O8. The van der Waals surface area contributed by atoms with Crippen molar-refractivity contribution in [2.45, 2.75) is 60.4 Å². The van der Waals surface area contributed by atoms with Crippen LogP contribution in [-0.2, 0) is 23.1 Å². The molecule has 0 bridgehead atoms. The van der Waals surface area contributed by atoms with E-state index in [2.05, 4.69) is 118 Å². The van der Waals surface area contributed by atoms with Crippen molar-refractivity contribution in [2.75, 3.05) is 20.4 Å². The van der Waals surface area contributed by atoms with Crippen molar-refractivity contribution in [2.24, 2.45) is 0 Å². The number of halogens is 13. The molecule has 3 amide bonds. The van der Waals surface area contributed by atoms with E-state index in [0.29, 0.717) is 22.0 Å². The fraction of sp³-hybridized carbons (Fsp3) is 0.204. The van der Waals surface area contributed by atoms with Gasteiger partial charge >= 0.3 is 93.8 Å². The molecule has 0 fully saturated rings. The van der Waals surface area contributed by atoms with Gasteiger partial charge in [0.15, 0.2) is 38.2 Å². The summed E-state index contributed by atoms with van der Waals surface area (Å²) < 4.78 is 95.3. The number of imidazole rings is 3. The average Bonchev–Trinajstić information content (AvgIpc) is 2.02. The molecule has 0 saturated carbocycles. The van der Waals surface area contributed by atoms with Gasteiger partial charge in [0.1, 0.15) is 64.4 Å². The topological polar surface area (TPSA) is 307 Å². The van der Waals surface area contributed by atoms with Crippen LogP contribution in [0.15, 0.2) is 86.0 Å². The summed E-state index contributed by atoms with van der Waals surface area (Å²) in [4.78, 5) is 82.9. The molecule has 10 aromatic rings. The molecule has 0 unspecified atom stereocenters. The molecule has 1 aliphatic rings. The quantitative estimate of drug-likeness (QED) is 0.0242. The van der Waals surface area contributed by atoms with Gasteiger partial charge in [-0.3, -0.25) is 38.5 Å². The summed E-state index contributed by atoms with van der Waals surface area (Å²) in [7, 11) is 0. The van der Waals surface area contributed by atoms with E-state index in [9.17, 15) is 51.1 Å². The molecule has 0 radical (unpaired) electrons. The van der Waals surface area contributed by atoms with E-state index in [4.69, 9.17) is 72.7 Å². The molecule has 0 spiro atoms. The molecule has 9 aromatic heterocycles. The van der Waals surface area contributed by atoms with E-state index in [1.54, 1.807) is 10.6 Å². The van der Waals surface area contributed by atoms with Crippen LogP contribution in [0.1, 0.15) is 47.6 Å². The third-order valence-electron chi connectivity index (χ3n) is 11.1. The molecule has 11 rings (SSSR count). The number of pyridine rings is 3. The van der Waals surface area contributed by atoms with Crippen LogP contribution in [0.2, 0.25) is 31.3 Å². The van der Waals surface area contributed by atoms with Crippen LogP contribution in [-0.4, -0.2) is 119 Å². The van der Waals surface area contributed by atoms with Crippen molar-refractivity contribution < 1.29 is 63.7 Å². The van der Waals surface area contributed by atoms with Crippen molar-refractivity contribution >= 4 is 158 Å². The molecular weight excluding hydrogens is 1420 g/mol. The normalized spacial score (nSPS) is 12.8. The van der Waals surface area contributed by atoms with Crippen molar-refractivity contribution in [1.29, 1.82) is 0 Å². The van der Waals surface area contributed by atoms with E-state index < -0.39 is 68.0 Å². The van der Waals surface area contributed by atoms with Gasteiger partial charge in [-0.15, -0.1) is 26.3 Å². The number of carbonyl (C=O) groups is 3. The van der Waals surface area contributed by atoms with Crippen LogP contribution in [0.25, 0.3) is 50.9 Å². The Balaban J connectivity index is 0.000000172. The monoisotopic (exact) mass is 1460 g/mol. The zero-order valence-electron chi connectivity index (χ0n) is 44.4. The number of aromatic nitrogens is 15. The van der Waals surface area contributed by atoms with Crippen molar-refractivity contribution in [3.05, 3.63) is 126 Å². The number of nitrogens with zero attached hydrogens (tertiary/aromatic N) is 17. The van der Waals surface area contributed by atoms with Gasteiger partial charge in [-0.25, -0.2) is 39.9 Å². The van der Waals surface area contributed by atoms with E-state index in [1.807, 2.05) is 0 Å². The molecule has 1 aromatic carbocycles. The molecule has 1 aliphatic heterocycles. The number of nitrogens with one attached hydrogen (secondary N) is 1. The molecule has 3 N–H and O–H groups in total. The first-order valence-corrected chi connectivity index (χ1v) is 30.0. The summed E-state index contributed by atoms with van der Waals surface area (Å²) >= 11 is 33.8. The fourth-order valence-corrected chi connectivity index (χ4v) is 13.3. The van der Waals surface area contributed by atoms with Crippen LogP contribution >= 0.6 is 89.8 Å². The Morgan fingerprint density at radius 1 is 0.614 bits per heavy atom. The summed E-state index contributed by atoms with van der Waals surface area (Å²) in [6, 6.07) is 14.9. The van der Waals surface area contributed by atoms with Gasteiger partial charge in [-0.2, -0.15) is 30.1 Å². The van der Waals surface area contributed by atoms with E-state index >= 15 is 0 Å². The molecule has 0 aliphatic carbocycles. The number of ether oxygens (including phenoxy) is 2. The van der Waals surface area contributed by atoms with Gasteiger partial charge in [0.25, 0.3) is 5.88 Å². The van der Waals surface area contributed by atoms with Gasteiger partial charge in [-0.1, -0.05) is 42.2 Å². The van der Waals surface area contributed by atoms with Crippen LogP contribution in [0.3, 0.4) is 0 Å². The maximum atomic E-state index is 12.7. The molecule has 10 heterocycles. The number of hydrogen-bond acceptors (Lipinski definition) is 20. The number of alkyl halides is 7. The zero-order valence-corrected chi connectivity index (χ0v) is 51.1. The number of benzene rings is 1. The maximum absolute atomic E-state index is 12.7. The fourth-order valence-electron chi connectivity index (χ4n) is 7.53. The number of hydroxylamine groups is 2. The third-order valence-corrected chi connectivity index (χ3v) is 16.7. The summed E-state index contributed by atoms with van der Waals surface area (Å²) in [6.45, 7) is 7.63. The second-order valence-corrected chi connectivity index (χ2v) is 23.6. The molecule has 0 atom stereocenters. The van der Waals surface area contributed by atoms with Crippen LogP contribution in [0, 0.1) is 3.57 Å². The number of hydrogen-bond donors (Lipinski definition) is 3. The van der Waals surface area contributed by atoms with E-state index in [-0.39, 0.29) is 94.7 Å². The Bertz CT molecular complexity index is 4260. The number of anilines is 3. The number of rotatable bonds is 8. The minimum atomic E-state index is -5.12. The first-order chi connectivity index (χ1) is 40.8. The van der Waals surface area contributed by atoms with Gasteiger partial charge in [0.05, 0.1) is 18.1 Å². The van der Waals surface area contributed by atoms with Crippen LogP contribution < -0.4 is 24.9 Å². The molecule has 88 heavy (non-hydrogen) atoms. The Morgan fingerprint density at radius 3 is 1.53 bits per heavy atom. The van der Waals surface area contributed by atoms with Gasteiger partial charge in [0.2, 0.25) is 33.6 Å². The van der Waals surface area contributed by atoms with Gasteiger partial charge in [0, 0.05) is 26.8 Å². The van der Waals surface area contributed by atoms with Gasteiger partial charge in [-0.05, 0) is 59.1 Å². The van der Waals surface area contributed by atoms with Crippen molar-refractivity contribution in [3.63, 3.8) is 0 Å². The first kappa shape index (κ1) is 67.8. The number of fused-ring (bicyclic) bond motifs is 4. The molecule has 0 saturated heterocycles. The SMILES string of the molecule is C.CC(=O)N(O)c1ccc(-n2cnc3c(Cl)nc(Cl)nc32)nc1.CC(=O)N(O)c1ccc(-n2cnc3c(Cl)nc(Cl)nc32)nc1OC(F)(F)F.CC(=O)Nc1cnc(-n2cnc3c(Cl)nc(Cl)nc32)cc1OC(F)(F)F.CI1OC(C)(C)c2ccccc21. The summed E-state index contributed by atoms with van der Waals surface area (Å²) in [5.41, 5.74) is 2.06. The predicted octanol–water partition coefficient (Wildman–Crippen LogP) is 12.6. The summed E-state index contributed by atoms with van der Waals surface area (Å²) in [6.07, 6.45) is -3.85. The second-order valence-electron chi connectivity index (χ2n) is 17.5. The molecule has 26 nitrogen and oxygen atoms in total. The number of amides is 3. The van der Waals surface area contributed by atoms with Crippen LogP contribution in [0.5, 0.6) is 11.6 Å². The van der Waals surface area contributed by atoms with Crippen LogP contribution in [0.4, 0.5) is 43.4 Å². The molecule has 464 valence electrons. The predicted molar refractivity (Wildman–Crippen MR) is 317 cm³/mol. The Labute approximate surface area is 528 Å². The minimum absolute atomic E-state index is 0. The average molecular weight is 1460 g/mol. The summed E-state index contributed by atoms with van der Waals surface area (Å²) in [5.74, 6) is -3.46. The third kappa shape index (κ3) is 15.9. The Hall–Kier alpha value is -7.74. The second kappa shape index (κ2) is 27.3. The summed E-state index contributed by atoms with van der Waals surface area (Å²) in [5, 5.41) is 21.5. The number of carbonyl (C=O) groups excluding carboxylic acids is 3. The molecule has 39 heteroatoms.